The first-order valence-corrected chi connectivity index (χ1v) is 4.35. The standard InChI is InChI=1S/C9H9N5O/c1-6-2-3-10-8(4-6)12-9(15)7-5-11-14-13-7/h2-5H,1H3,(H,10,12,15)(H,11,13,14). The highest BCUT2D eigenvalue weighted by atomic mass is 16.2. The zero-order valence-electron chi connectivity index (χ0n) is 8.06. The molecule has 0 atom stereocenters. The number of carbonyl (C=O) groups excluding carboxylic acids is 1. The SMILES string of the molecule is Cc1ccnc(NC(=O)c2cn[nH]n2)c1. The Labute approximate surface area is 85.7 Å². The Morgan fingerprint density at radius 3 is 3.07 bits per heavy atom. The highest BCUT2D eigenvalue weighted by molar-refractivity contribution is 6.01. The Hall–Kier alpha value is -2.24. The van der Waals surface area contributed by atoms with Gasteiger partial charge in [0.15, 0.2) is 5.69 Å². The third-order valence-electron chi connectivity index (χ3n) is 1.80. The van der Waals surface area contributed by atoms with Gasteiger partial charge in [0, 0.05) is 6.20 Å². The molecule has 0 aliphatic rings. The van der Waals surface area contributed by atoms with Crippen LogP contribution in [-0.4, -0.2) is 26.3 Å². The predicted molar refractivity (Wildman–Crippen MR) is 53.3 cm³/mol. The lowest BCUT2D eigenvalue weighted by Gasteiger charge is -2.01. The normalized spacial score (nSPS) is 9.93. The van der Waals surface area contributed by atoms with Crippen molar-refractivity contribution in [3.8, 4) is 0 Å². The van der Waals surface area contributed by atoms with Crippen LogP contribution in [0.2, 0.25) is 0 Å². The molecule has 0 fully saturated rings. The van der Waals surface area contributed by atoms with Gasteiger partial charge in [-0.1, -0.05) is 0 Å². The Morgan fingerprint density at radius 2 is 2.40 bits per heavy atom. The van der Waals surface area contributed by atoms with Gasteiger partial charge in [-0.3, -0.25) is 4.79 Å². The van der Waals surface area contributed by atoms with Gasteiger partial charge in [0.1, 0.15) is 5.82 Å². The summed E-state index contributed by atoms with van der Waals surface area (Å²) in [4.78, 5) is 15.5. The number of carbonyl (C=O) groups is 1. The van der Waals surface area contributed by atoms with Crippen LogP contribution in [0.25, 0.3) is 0 Å². The van der Waals surface area contributed by atoms with Gasteiger partial charge in [0.05, 0.1) is 6.20 Å². The Balaban J connectivity index is 2.13. The molecule has 2 rings (SSSR count). The summed E-state index contributed by atoms with van der Waals surface area (Å²) < 4.78 is 0. The van der Waals surface area contributed by atoms with Gasteiger partial charge < -0.3 is 5.32 Å². The average molecular weight is 203 g/mol. The maximum absolute atomic E-state index is 11.5. The van der Waals surface area contributed by atoms with E-state index in [-0.39, 0.29) is 11.6 Å². The monoisotopic (exact) mass is 203 g/mol. The van der Waals surface area contributed by atoms with Gasteiger partial charge in [-0.25, -0.2) is 4.98 Å². The van der Waals surface area contributed by atoms with E-state index in [1.165, 1.54) is 6.20 Å². The number of hydrogen-bond donors (Lipinski definition) is 2. The number of hydrogen-bond acceptors (Lipinski definition) is 4. The second-order valence-electron chi connectivity index (χ2n) is 3.03. The lowest BCUT2D eigenvalue weighted by molar-refractivity contribution is 0.102. The molecule has 0 bridgehead atoms. The number of nitrogens with one attached hydrogen (secondary N) is 2. The number of anilines is 1. The number of rotatable bonds is 2. The number of amides is 1. The van der Waals surface area contributed by atoms with E-state index in [2.05, 4.69) is 25.7 Å². The van der Waals surface area contributed by atoms with Crippen molar-refractivity contribution in [2.24, 2.45) is 0 Å². The Morgan fingerprint density at radius 1 is 1.53 bits per heavy atom. The molecule has 0 aliphatic heterocycles. The van der Waals surface area contributed by atoms with Crippen LogP contribution in [0, 0.1) is 6.92 Å². The number of aryl methyl sites for hydroxylation is 1. The molecule has 0 aliphatic carbocycles. The van der Waals surface area contributed by atoms with Crippen molar-refractivity contribution in [3.63, 3.8) is 0 Å². The van der Waals surface area contributed by atoms with Crippen molar-refractivity contribution in [1.29, 1.82) is 0 Å². The van der Waals surface area contributed by atoms with E-state index in [4.69, 9.17) is 0 Å². The fourth-order valence-electron chi connectivity index (χ4n) is 1.10. The molecule has 0 unspecified atom stereocenters. The lowest BCUT2D eigenvalue weighted by Crippen LogP contribution is -2.13. The average Bonchev–Trinajstić information content (AvgIpc) is 2.70. The van der Waals surface area contributed by atoms with Gasteiger partial charge >= 0.3 is 0 Å². The summed E-state index contributed by atoms with van der Waals surface area (Å²) in [6.45, 7) is 1.92. The highest BCUT2D eigenvalue weighted by Gasteiger charge is 2.08. The topological polar surface area (TPSA) is 83.6 Å². The zero-order valence-corrected chi connectivity index (χ0v) is 8.06. The maximum atomic E-state index is 11.5. The molecule has 2 heterocycles. The zero-order chi connectivity index (χ0) is 10.7. The number of nitrogens with zero attached hydrogens (tertiary/aromatic N) is 3. The molecule has 76 valence electrons. The van der Waals surface area contributed by atoms with Gasteiger partial charge in [0.25, 0.3) is 5.91 Å². The van der Waals surface area contributed by atoms with Gasteiger partial charge in [0.2, 0.25) is 0 Å². The van der Waals surface area contributed by atoms with Crippen molar-refractivity contribution in [2.75, 3.05) is 5.32 Å². The first kappa shape index (κ1) is 9.32. The maximum Gasteiger partial charge on any atom is 0.278 e. The minimum absolute atomic E-state index is 0.235. The molecule has 0 aromatic carbocycles. The highest BCUT2D eigenvalue weighted by Crippen LogP contribution is 2.06. The van der Waals surface area contributed by atoms with Crippen LogP contribution in [-0.2, 0) is 0 Å². The second-order valence-corrected chi connectivity index (χ2v) is 3.03. The van der Waals surface area contributed by atoms with Gasteiger partial charge in [-0.2, -0.15) is 15.4 Å². The van der Waals surface area contributed by atoms with E-state index in [9.17, 15) is 4.79 Å². The molecule has 6 heteroatoms. The van der Waals surface area contributed by atoms with Crippen LogP contribution in [0.4, 0.5) is 5.82 Å². The summed E-state index contributed by atoms with van der Waals surface area (Å²) in [5.74, 6) is 0.171. The molecule has 6 nitrogen and oxygen atoms in total. The Bertz CT molecular complexity index is 465. The molecule has 0 saturated carbocycles. The summed E-state index contributed by atoms with van der Waals surface area (Å²) in [7, 11) is 0. The predicted octanol–water partition coefficient (Wildman–Crippen LogP) is 0.760. The summed E-state index contributed by atoms with van der Waals surface area (Å²) in [5, 5.41) is 12.2. The van der Waals surface area contributed by atoms with Crippen molar-refractivity contribution < 1.29 is 4.79 Å². The molecular formula is C9H9N5O. The fraction of sp³-hybridized carbons (Fsp3) is 0.111. The third kappa shape index (κ3) is 2.16. The van der Waals surface area contributed by atoms with Crippen LogP contribution in [0.15, 0.2) is 24.5 Å². The Kier molecular flexibility index (Phi) is 2.40. The number of aromatic amines is 1. The largest absolute Gasteiger partial charge is 0.305 e. The van der Waals surface area contributed by atoms with E-state index in [1.54, 1.807) is 12.3 Å². The van der Waals surface area contributed by atoms with Gasteiger partial charge in [-0.15, -0.1) is 0 Å². The van der Waals surface area contributed by atoms with Crippen LogP contribution in [0.3, 0.4) is 0 Å². The number of pyridine rings is 1. The molecule has 15 heavy (non-hydrogen) atoms. The van der Waals surface area contributed by atoms with Gasteiger partial charge in [-0.05, 0) is 24.6 Å². The van der Waals surface area contributed by atoms with E-state index in [1.807, 2.05) is 13.0 Å². The number of H-pyrrole nitrogens is 1. The molecular weight excluding hydrogens is 194 g/mol. The van der Waals surface area contributed by atoms with Crippen molar-refractivity contribution in [2.45, 2.75) is 6.92 Å². The lowest BCUT2D eigenvalue weighted by atomic mass is 10.3. The van der Waals surface area contributed by atoms with Crippen molar-refractivity contribution in [3.05, 3.63) is 35.8 Å². The smallest absolute Gasteiger partial charge is 0.278 e. The van der Waals surface area contributed by atoms with Crippen molar-refractivity contribution >= 4 is 11.7 Å². The summed E-state index contributed by atoms with van der Waals surface area (Å²) in [5.41, 5.74) is 1.26. The minimum atomic E-state index is -0.332. The van der Waals surface area contributed by atoms with E-state index >= 15 is 0 Å². The first-order chi connectivity index (χ1) is 7.25. The van der Waals surface area contributed by atoms with Crippen molar-refractivity contribution in [1.82, 2.24) is 20.4 Å². The van der Waals surface area contributed by atoms with E-state index < -0.39 is 0 Å². The van der Waals surface area contributed by atoms with Crippen LogP contribution in [0.1, 0.15) is 16.1 Å². The molecule has 0 radical (unpaired) electrons. The van der Waals surface area contributed by atoms with Crippen LogP contribution in [0.5, 0.6) is 0 Å². The summed E-state index contributed by atoms with van der Waals surface area (Å²) in [6.07, 6.45) is 2.98. The molecule has 0 saturated heterocycles. The third-order valence-corrected chi connectivity index (χ3v) is 1.80. The molecule has 2 aromatic rings. The molecule has 1 amide bonds. The molecule has 2 aromatic heterocycles. The summed E-state index contributed by atoms with van der Waals surface area (Å²) >= 11 is 0. The van der Waals surface area contributed by atoms with Crippen LogP contribution >= 0.6 is 0 Å². The minimum Gasteiger partial charge on any atom is -0.305 e. The van der Waals surface area contributed by atoms with Crippen LogP contribution < -0.4 is 5.32 Å². The van der Waals surface area contributed by atoms with E-state index in [0.717, 1.165) is 5.56 Å². The fourth-order valence-corrected chi connectivity index (χ4v) is 1.10. The quantitative estimate of drug-likeness (QED) is 0.754. The molecule has 0 spiro atoms. The second kappa shape index (κ2) is 3.87. The molecule has 2 N–H and O–H groups in total. The first-order valence-electron chi connectivity index (χ1n) is 4.35. The van der Waals surface area contributed by atoms with E-state index in [0.29, 0.717) is 5.82 Å². The summed E-state index contributed by atoms with van der Waals surface area (Å²) in [6, 6.07) is 3.63. The number of aromatic nitrogens is 4.